The first kappa shape index (κ1) is 15.1. The number of nitrogens with zero attached hydrogens (tertiary/aromatic N) is 2. The molecule has 0 bridgehead atoms. The van der Waals surface area contributed by atoms with Gasteiger partial charge in [0, 0.05) is 12.1 Å². The maximum absolute atomic E-state index is 2.70. The van der Waals surface area contributed by atoms with E-state index in [0.717, 1.165) is 6.04 Å². The fourth-order valence-corrected chi connectivity index (χ4v) is 4.27. The van der Waals surface area contributed by atoms with E-state index in [4.69, 9.17) is 0 Å². The predicted molar refractivity (Wildman–Crippen MR) is 89.6 cm³/mol. The van der Waals surface area contributed by atoms with Gasteiger partial charge in [0.05, 0.1) is 0 Å². The smallest absolute Gasteiger partial charge is 0.0350 e. The fourth-order valence-electron chi connectivity index (χ4n) is 4.27. The lowest BCUT2D eigenvalue weighted by Crippen LogP contribution is -2.45. The second-order valence-electron chi connectivity index (χ2n) is 6.85. The average Bonchev–Trinajstić information content (AvgIpc) is 2.55. The minimum atomic E-state index is 0.651. The van der Waals surface area contributed by atoms with Crippen LogP contribution in [-0.2, 0) is 6.42 Å². The summed E-state index contributed by atoms with van der Waals surface area (Å²) >= 11 is 0. The first-order valence-corrected chi connectivity index (χ1v) is 8.81. The van der Waals surface area contributed by atoms with Crippen molar-refractivity contribution in [3.63, 3.8) is 0 Å². The molecule has 0 radical (unpaired) electrons. The maximum Gasteiger partial charge on any atom is 0.0350 e. The predicted octanol–water partition coefficient (Wildman–Crippen LogP) is 3.87. The van der Waals surface area contributed by atoms with Gasteiger partial charge in [-0.2, -0.15) is 0 Å². The van der Waals surface area contributed by atoms with Gasteiger partial charge in [-0.05, 0) is 76.3 Å². The molecule has 116 valence electrons. The molecule has 2 aliphatic rings. The normalized spacial score (nSPS) is 24.2. The molecule has 0 unspecified atom stereocenters. The van der Waals surface area contributed by atoms with Crippen LogP contribution < -0.4 is 0 Å². The molecule has 1 fully saturated rings. The molecule has 1 atom stereocenters. The molecule has 2 heteroatoms. The fraction of sp³-hybridized carbons (Fsp3) is 0.684. The van der Waals surface area contributed by atoms with Crippen LogP contribution in [0.3, 0.4) is 0 Å². The van der Waals surface area contributed by atoms with Crippen molar-refractivity contribution >= 4 is 0 Å². The number of fused-ring (bicyclic) bond motifs is 1. The zero-order valence-corrected chi connectivity index (χ0v) is 13.7. The van der Waals surface area contributed by atoms with Crippen LogP contribution in [0.1, 0.15) is 56.2 Å². The van der Waals surface area contributed by atoms with Crippen molar-refractivity contribution in [3.8, 4) is 0 Å². The standard InChI is InChI=1S/C19H30N2/c1-3-13-21-14-11-17(12-15-21)20(2)19-10-6-8-16-7-4-5-9-18(16)19/h4-5,7,9,17,19H,3,6,8,10-15H2,1-2H3/t19-/m0/s1. The highest BCUT2D eigenvalue weighted by Crippen LogP contribution is 2.35. The van der Waals surface area contributed by atoms with Crippen LogP contribution in [-0.4, -0.2) is 42.5 Å². The highest BCUT2D eigenvalue weighted by molar-refractivity contribution is 5.32. The van der Waals surface area contributed by atoms with Crippen molar-refractivity contribution < 1.29 is 0 Å². The number of likely N-dealkylation sites (tertiary alicyclic amines) is 1. The SMILES string of the molecule is CCCN1CCC(N(C)[C@H]2CCCc3ccccc32)CC1. The molecule has 0 amide bonds. The zero-order valence-electron chi connectivity index (χ0n) is 13.7. The van der Waals surface area contributed by atoms with Crippen LogP contribution in [0.5, 0.6) is 0 Å². The summed E-state index contributed by atoms with van der Waals surface area (Å²) in [5.41, 5.74) is 3.19. The Morgan fingerprint density at radius 3 is 2.67 bits per heavy atom. The summed E-state index contributed by atoms with van der Waals surface area (Å²) in [5, 5.41) is 0. The third-order valence-corrected chi connectivity index (χ3v) is 5.50. The molecular formula is C19H30N2. The Balaban J connectivity index is 1.65. The second-order valence-corrected chi connectivity index (χ2v) is 6.85. The van der Waals surface area contributed by atoms with Gasteiger partial charge in [0.15, 0.2) is 0 Å². The molecule has 0 aromatic heterocycles. The number of rotatable bonds is 4. The second kappa shape index (κ2) is 6.93. The maximum atomic E-state index is 2.70. The van der Waals surface area contributed by atoms with Gasteiger partial charge in [0.1, 0.15) is 0 Å². The van der Waals surface area contributed by atoms with Crippen molar-refractivity contribution in [2.45, 2.75) is 57.5 Å². The van der Waals surface area contributed by atoms with E-state index in [0.29, 0.717) is 6.04 Å². The Kier molecular flexibility index (Phi) is 4.97. The van der Waals surface area contributed by atoms with Crippen LogP contribution in [0.25, 0.3) is 0 Å². The third-order valence-electron chi connectivity index (χ3n) is 5.50. The van der Waals surface area contributed by atoms with Crippen molar-refractivity contribution in [2.24, 2.45) is 0 Å². The van der Waals surface area contributed by atoms with Gasteiger partial charge in [0.2, 0.25) is 0 Å². The van der Waals surface area contributed by atoms with Crippen LogP contribution in [0.2, 0.25) is 0 Å². The summed E-state index contributed by atoms with van der Waals surface area (Å²) in [5.74, 6) is 0. The Bertz CT molecular complexity index is 449. The topological polar surface area (TPSA) is 6.48 Å². The lowest BCUT2D eigenvalue weighted by molar-refractivity contribution is 0.0887. The number of piperidine rings is 1. The van der Waals surface area contributed by atoms with E-state index in [2.05, 4.69) is 48.0 Å². The van der Waals surface area contributed by atoms with Gasteiger partial charge in [-0.15, -0.1) is 0 Å². The van der Waals surface area contributed by atoms with Crippen molar-refractivity contribution in [3.05, 3.63) is 35.4 Å². The van der Waals surface area contributed by atoms with Crippen LogP contribution in [0.15, 0.2) is 24.3 Å². The Morgan fingerprint density at radius 2 is 1.90 bits per heavy atom. The van der Waals surface area contributed by atoms with Gasteiger partial charge in [-0.25, -0.2) is 0 Å². The van der Waals surface area contributed by atoms with Gasteiger partial charge < -0.3 is 4.90 Å². The van der Waals surface area contributed by atoms with Crippen LogP contribution in [0.4, 0.5) is 0 Å². The molecule has 0 N–H and O–H groups in total. The molecular weight excluding hydrogens is 256 g/mol. The van der Waals surface area contributed by atoms with Crippen molar-refractivity contribution in [2.75, 3.05) is 26.7 Å². The Labute approximate surface area is 130 Å². The number of hydrogen-bond donors (Lipinski definition) is 0. The molecule has 1 aromatic carbocycles. The minimum absolute atomic E-state index is 0.651. The first-order chi connectivity index (χ1) is 10.3. The van der Waals surface area contributed by atoms with E-state index in [-0.39, 0.29) is 0 Å². The van der Waals surface area contributed by atoms with E-state index in [9.17, 15) is 0 Å². The monoisotopic (exact) mass is 286 g/mol. The first-order valence-electron chi connectivity index (χ1n) is 8.81. The molecule has 1 aliphatic carbocycles. The summed E-state index contributed by atoms with van der Waals surface area (Å²) in [7, 11) is 2.37. The van der Waals surface area contributed by atoms with Gasteiger partial charge in [0.25, 0.3) is 0 Å². The summed E-state index contributed by atoms with van der Waals surface area (Å²) in [4.78, 5) is 5.33. The molecule has 1 aromatic rings. The lowest BCUT2D eigenvalue weighted by Gasteiger charge is -2.42. The highest BCUT2D eigenvalue weighted by Gasteiger charge is 2.30. The van der Waals surface area contributed by atoms with E-state index in [1.54, 1.807) is 11.1 Å². The van der Waals surface area contributed by atoms with E-state index in [1.165, 1.54) is 58.2 Å². The van der Waals surface area contributed by atoms with Gasteiger partial charge >= 0.3 is 0 Å². The molecule has 1 aliphatic heterocycles. The molecule has 2 nitrogen and oxygen atoms in total. The summed E-state index contributed by atoms with van der Waals surface area (Å²) < 4.78 is 0. The van der Waals surface area contributed by atoms with Gasteiger partial charge in [-0.1, -0.05) is 31.2 Å². The molecule has 21 heavy (non-hydrogen) atoms. The molecule has 1 heterocycles. The van der Waals surface area contributed by atoms with Crippen LogP contribution in [0, 0.1) is 0 Å². The molecule has 0 saturated carbocycles. The highest BCUT2D eigenvalue weighted by atomic mass is 15.2. The summed E-state index contributed by atoms with van der Waals surface area (Å²) in [6, 6.07) is 10.5. The van der Waals surface area contributed by atoms with E-state index in [1.807, 2.05) is 0 Å². The van der Waals surface area contributed by atoms with Gasteiger partial charge in [-0.3, -0.25) is 4.90 Å². The van der Waals surface area contributed by atoms with Crippen molar-refractivity contribution in [1.82, 2.24) is 9.80 Å². The Morgan fingerprint density at radius 1 is 1.14 bits per heavy atom. The molecule has 1 saturated heterocycles. The largest absolute Gasteiger partial charge is 0.303 e. The Hall–Kier alpha value is -0.860. The molecule has 3 rings (SSSR count). The average molecular weight is 286 g/mol. The molecule has 0 spiro atoms. The van der Waals surface area contributed by atoms with Crippen molar-refractivity contribution in [1.29, 1.82) is 0 Å². The van der Waals surface area contributed by atoms with E-state index < -0.39 is 0 Å². The third kappa shape index (κ3) is 3.32. The number of aryl methyl sites for hydroxylation is 1. The zero-order chi connectivity index (χ0) is 14.7. The summed E-state index contributed by atoms with van der Waals surface area (Å²) in [6.07, 6.45) is 7.93. The summed E-state index contributed by atoms with van der Waals surface area (Å²) in [6.45, 7) is 6.15. The quantitative estimate of drug-likeness (QED) is 0.829. The number of benzene rings is 1. The lowest BCUT2D eigenvalue weighted by atomic mass is 9.85. The number of hydrogen-bond acceptors (Lipinski definition) is 2. The minimum Gasteiger partial charge on any atom is -0.303 e. The van der Waals surface area contributed by atoms with E-state index >= 15 is 0 Å². The van der Waals surface area contributed by atoms with Crippen LogP contribution >= 0.6 is 0 Å².